The molecule has 2 heterocycles. The van der Waals surface area contributed by atoms with Crippen molar-refractivity contribution in [1.29, 1.82) is 0 Å². The van der Waals surface area contributed by atoms with E-state index >= 15 is 0 Å². The Morgan fingerprint density at radius 2 is 1.76 bits per heavy atom. The van der Waals surface area contributed by atoms with Gasteiger partial charge in [0.1, 0.15) is 28.7 Å². The van der Waals surface area contributed by atoms with Crippen LogP contribution in [0.4, 0.5) is 14.6 Å². The van der Waals surface area contributed by atoms with E-state index in [0.29, 0.717) is 45.0 Å². The molecule has 7 nitrogen and oxygen atoms in total. The summed E-state index contributed by atoms with van der Waals surface area (Å²) in [7, 11) is 1.49. The third kappa shape index (κ3) is 4.63. The Morgan fingerprint density at radius 3 is 2.38 bits per heavy atom. The van der Waals surface area contributed by atoms with Crippen LogP contribution < -0.4 is 15.8 Å². The molecule has 0 saturated carbocycles. The molecule has 0 bridgehead atoms. The number of anilines is 1. The molecular formula is C25H23F2N5O2. The zero-order valence-electron chi connectivity index (χ0n) is 18.9. The number of carbonyl (C=O) groups excluding carboxylic acids is 1. The molecule has 0 aliphatic heterocycles. The number of carbonyl (C=O) groups is 1. The number of amides is 1. The van der Waals surface area contributed by atoms with Crippen molar-refractivity contribution in [3.8, 4) is 28.3 Å². The summed E-state index contributed by atoms with van der Waals surface area (Å²) in [6, 6.07) is 10.2. The smallest absolute Gasteiger partial charge is 0.224 e. The summed E-state index contributed by atoms with van der Waals surface area (Å²) in [5.74, 6) is -0.670. The van der Waals surface area contributed by atoms with Crippen molar-refractivity contribution in [2.24, 2.45) is 11.1 Å². The van der Waals surface area contributed by atoms with E-state index in [1.54, 1.807) is 44.4 Å². The average Bonchev–Trinajstić information content (AvgIpc) is 2.81. The molecule has 0 aliphatic rings. The van der Waals surface area contributed by atoms with Crippen LogP contribution in [0.2, 0.25) is 0 Å². The van der Waals surface area contributed by atoms with Crippen LogP contribution in [0.25, 0.3) is 33.4 Å². The fourth-order valence-corrected chi connectivity index (χ4v) is 3.39. The topological polar surface area (TPSA) is 103 Å². The van der Waals surface area contributed by atoms with E-state index in [-0.39, 0.29) is 6.54 Å². The molecule has 1 amide bonds. The SMILES string of the molecule is COc1cc(-c2cc(F)cc(F)c2)cc2c(NCC(C)(C)C(N)=O)nc(-c3cccnc3)nc12. The van der Waals surface area contributed by atoms with E-state index in [2.05, 4.69) is 20.3 Å². The van der Waals surface area contributed by atoms with Crippen molar-refractivity contribution < 1.29 is 18.3 Å². The molecule has 0 fully saturated rings. The number of aromatic nitrogens is 3. The van der Waals surface area contributed by atoms with E-state index in [1.165, 1.54) is 19.2 Å². The molecule has 2 aromatic heterocycles. The largest absolute Gasteiger partial charge is 0.494 e. The highest BCUT2D eigenvalue weighted by Gasteiger charge is 2.26. The maximum absolute atomic E-state index is 13.9. The predicted molar refractivity (Wildman–Crippen MR) is 126 cm³/mol. The van der Waals surface area contributed by atoms with Crippen LogP contribution in [0.5, 0.6) is 5.75 Å². The minimum Gasteiger partial charge on any atom is -0.494 e. The van der Waals surface area contributed by atoms with Gasteiger partial charge in [-0.2, -0.15) is 0 Å². The van der Waals surface area contributed by atoms with E-state index in [4.69, 9.17) is 10.5 Å². The highest BCUT2D eigenvalue weighted by Crippen LogP contribution is 2.36. The first-order chi connectivity index (χ1) is 16.2. The lowest BCUT2D eigenvalue weighted by Gasteiger charge is -2.22. The van der Waals surface area contributed by atoms with Crippen LogP contribution >= 0.6 is 0 Å². The molecule has 0 spiro atoms. The average molecular weight is 463 g/mol. The zero-order valence-corrected chi connectivity index (χ0v) is 18.9. The van der Waals surface area contributed by atoms with Gasteiger partial charge in [-0.3, -0.25) is 9.78 Å². The summed E-state index contributed by atoms with van der Waals surface area (Å²) in [5, 5.41) is 3.74. The third-order valence-corrected chi connectivity index (χ3v) is 5.47. The molecular weight excluding hydrogens is 440 g/mol. The van der Waals surface area contributed by atoms with Crippen molar-refractivity contribution in [1.82, 2.24) is 15.0 Å². The van der Waals surface area contributed by atoms with Crippen molar-refractivity contribution in [3.63, 3.8) is 0 Å². The van der Waals surface area contributed by atoms with Gasteiger partial charge in [0, 0.05) is 36.0 Å². The standard InChI is InChI=1S/C25H23F2N5O2/c1-25(2,24(28)33)13-30-23-19-9-16(15-7-17(26)11-18(27)8-15)10-20(34-3)21(19)31-22(32-23)14-5-4-6-29-12-14/h4-12H,13H2,1-3H3,(H2,28,33)(H,30,31,32). The summed E-state index contributed by atoms with van der Waals surface area (Å²) in [6.45, 7) is 3.63. The summed E-state index contributed by atoms with van der Waals surface area (Å²) in [6.07, 6.45) is 3.28. The van der Waals surface area contributed by atoms with Crippen LogP contribution in [0.1, 0.15) is 13.8 Å². The maximum atomic E-state index is 13.9. The van der Waals surface area contributed by atoms with Crippen LogP contribution in [0.3, 0.4) is 0 Å². The monoisotopic (exact) mass is 463 g/mol. The highest BCUT2D eigenvalue weighted by atomic mass is 19.1. The summed E-state index contributed by atoms with van der Waals surface area (Å²) >= 11 is 0. The summed E-state index contributed by atoms with van der Waals surface area (Å²) in [5.41, 5.74) is 6.68. The molecule has 4 aromatic rings. The molecule has 2 aromatic carbocycles. The Morgan fingerprint density at radius 1 is 1.06 bits per heavy atom. The first-order valence-electron chi connectivity index (χ1n) is 10.5. The van der Waals surface area contributed by atoms with E-state index in [9.17, 15) is 13.6 Å². The van der Waals surface area contributed by atoms with Gasteiger partial charge in [-0.25, -0.2) is 18.7 Å². The normalized spacial score (nSPS) is 11.4. The molecule has 34 heavy (non-hydrogen) atoms. The lowest BCUT2D eigenvalue weighted by Crippen LogP contribution is -2.37. The van der Waals surface area contributed by atoms with Gasteiger partial charge < -0.3 is 15.8 Å². The molecule has 0 radical (unpaired) electrons. The van der Waals surface area contributed by atoms with Crippen molar-refractivity contribution in [2.75, 3.05) is 19.0 Å². The van der Waals surface area contributed by atoms with Gasteiger partial charge in [0.2, 0.25) is 5.91 Å². The number of nitrogens with two attached hydrogens (primary N) is 1. The Hall–Kier alpha value is -4.14. The number of methoxy groups -OCH3 is 1. The number of ether oxygens (including phenoxy) is 1. The number of nitrogens with one attached hydrogen (secondary N) is 1. The fraction of sp³-hybridized carbons (Fsp3) is 0.200. The minimum atomic E-state index is -0.862. The second-order valence-electron chi connectivity index (χ2n) is 8.47. The van der Waals surface area contributed by atoms with Gasteiger partial charge in [0.05, 0.1) is 12.5 Å². The lowest BCUT2D eigenvalue weighted by atomic mass is 9.92. The molecule has 3 N–H and O–H groups in total. The number of hydrogen-bond donors (Lipinski definition) is 2. The quantitative estimate of drug-likeness (QED) is 0.416. The van der Waals surface area contributed by atoms with Gasteiger partial charge in [-0.05, 0) is 61.4 Å². The number of pyridine rings is 1. The molecule has 4 rings (SSSR count). The Kier molecular flexibility index (Phi) is 6.10. The number of nitrogens with zero attached hydrogens (tertiary/aromatic N) is 3. The van der Waals surface area contributed by atoms with E-state index in [1.807, 2.05) is 6.07 Å². The van der Waals surface area contributed by atoms with Crippen molar-refractivity contribution in [3.05, 3.63) is 66.5 Å². The molecule has 0 unspecified atom stereocenters. The third-order valence-electron chi connectivity index (χ3n) is 5.47. The number of primary amides is 1. The van der Waals surface area contributed by atoms with Crippen molar-refractivity contribution in [2.45, 2.75) is 13.8 Å². The number of benzene rings is 2. The number of hydrogen-bond acceptors (Lipinski definition) is 6. The number of halogens is 2. The van der Waals surface area contributed by atoms with Gasteiger partial charge in [-0.15, -0.1) is 0 Å². The second kappa shape index (κ2) is 9.01. The lowest BCUT2D eigenvalue weighted by molar-refractivity contribution is -0.125. The Bertz CT molecular complexity index is 1360. The second-order valence-corrected chi connectivity index (χ2v) is 8.47. The molecule has 0 saturated heterocycles. The predicted octanol–water partition coefficient (Wildman–Crippen LogP) is 4.57. The molecule has 0 aliphatic carbocycles. The van der Waals surface area contributed by atoms with Crippen LogP contribution in [-0.2, 0) is 4.79 Å². The summed E-state index contributed by atoms with van der Waals surface area (Å²) in [4.78, 5) is 25.3. The highest BCUT2D eigenvalue weighted by molar-refractivity contribution is 5.98. The molecule has 174 valence electrons. The van der Waals surface area contributed by atoms with Gasteiger partial charge in [0.25, 0.3) is 0 Å². The van der Waals surface area contributed by atoms with E-state index < -0.39 is 23.0 Å². The molecule has 0 atom stereocenters. The first kappa shape index (κ1) is 23.0. The Balaban J connectivity index is 1.94. The number of rotatable bonds is 7. The van der Waals surface area contributed by atoms with E-state index in [0.717, 1.165) is 6.07 Å². The molecule has 9 heteroatoms. The van der Waals surface area contributed by atoms with Crippen LogP contribution in [0.15, 0.2) is 54.9 Å². The van der Waals surface area contributed by atoms with Gasteiger partial charge in [0.15, 0.2) is 5.82 Å². The van der Waals surface area contributed by atoms with Crippen molar-refractivity contribution >= 4 is 22.6 Å². The zero-order chi connectivity index (χ0) is 24.5. The van der Waals surface area contributed by atoms with Crippen LogP contribution in [0, 0.1) is 17.0 Å². The fourth-order valence-electron chi connectivity index (χ4n) is 3.39. The van der Waals surface area contributed by atoms with Gasteiger partial charge in [-0.1, -0.05) is 0 Å². The number of fused-ring (bicyclic) bond motifs is 1. The maximum Gasteiger partial charge on any atom is 0.224 e. The van der Waals surface area contributed by atoms with Crippen LogP contribution in [-0.4, -0.2) is 34.5 Å². The summed E-state index contributed by atoms with van der Waals surface area (Å²) < 4.78 is 33.4. The minimum absolute atomic E-state index is 0.196. The first-order valence-corrected chi connectivity index (χ1v) is 10.5. The van der Waals surface area contributed by atoms with Gasteiger partial charge >= 0.3 is 0 Å². The Labute approximate surface area is 195 Å².